The van der Waals surface area contributed by atoms with Gasteiger partial charge in [0.2, 0.25) is 5.91 Å². The number of nitrogens with one attached hydrogen (secondary N) is 2. The minimum absolute atomic E-state index is 0.243. The normalized spacial score (nSPS) is 26.7. The summed E-state index contributed by atoms with van der Waals surface area (Å²) in [4.78, 5) is 37.6. The van der Waals surface area contributed by atoms with E-state index in [4.69, 9.17) is 0 Å². The monoisotopic (exact) mass is 367 g/mol. The van der Waals surface area contributed by atoms with Gasteiger partial charge >= 0.3 is 6.03 Å². The van der Waals surface area contributed by atoms with Crippen LogP contribution in [-0.4, -0.2) is 22.9 Å². The van der Waals surface area contributed by atoms with Crippen LogP contribution in [0.4, 0.5) is 9.18 Å². The summed E-state index contributed by atoms with van der Waals surface area (Å²) < 4.78 is 13.9. The molecule has 0 radical (unpaired) electrons. The third-order valence-electron chi connectivity index (χ3n) is 5.20. The molecule has 0 aromatic heterocycles. The van der Waals surface area contributed by atoms with Gasteiger partial charge in [-0.1, -0.05) is 48.5 Å². The summed E-state index contributed by atoms with van der Waals surface area (Å²) in [5.41, 5.74) is 2.24. The van der Waals surface area contributed by atoms with Crippen molar-refractivity contribution in [1.82, 2.24) is 15.8 Å². The Bertz CT molecular complexity index is 933. The highest BCUT2D eigenvalue weighted by Crippen LogP contribution is 2.48. The maximum absolute atomic E-state index is 13.9. The lowest BCUT2D eigenvalue weighted by Crippen LogP contribution is -2.48. The van der Waals surface area contributed by atoms with Gasteiger partial charge in [-0.05, 0) is 36.5 Å². The van der Waals surface area contributed by atoms with E-state index in [1.54, 1.807) is 49.4 Å². The quantitative estimate of drug-likeness (QED) is 0.815. The largest absolute Gasteiger partial charge is 0.344 e. The van der Waals surface area contributed by atoms with Crippen LogP contribution in [0.5, 0.6) is 0 Å². The van der Waals surface area contributed by atoms with Gasteiger partial charge in [-0.2, -0.15) is 5.01 Å². The molecule has 2 aromatic carbocycles. The number of halogens is 1. The first-order valence-electron chi connectivity index (χ1n) is 8.69. The molecule has 4 amide bonds. The molecule has 6 nitrogen and oxygen atoms in total. The lowest BCUT2D eigenvalue weighted by Gasteiger charge is -2.22. The van der Waals surface area contributed by atoms with Gasteiger partial charge in [-0.25, -0.2) is 9.18 Å². The first kappa shape index (κ1) is 17.2. The number of hydrogen-bond donors (Lipinski definition) is 2. The number of hydrazine groups is 1. The van der Waals surface area contributed by atoms with Crippen LogP contribution in [0.3, 0.4) is 0 Å². The Balaban J connectivity index is 1.47. The topological polar surface area (TPSA) is 78.5 Å². The van der Waals surface area contributed by atoms with E-state index in [1.165, 1.54) is 6.07 Å². The van der Waals surface area contributed by atoms with Gasteiger partial charge in [-0.3, -0.25) is 15.0 Å². The molecule has 27 heavy (non-hydrogen) atoms. The molecule has 0 spiro atoms. The summed E-state index contributed by atoms with van der Waals surface area (Å²) in [7, 11) is 0. The number of imide groups is 1. The first-order valence-corrected chi connectivity index (χ1v) is 8.69. The number of amides is 4. The highest BCUT2D eigenvalue weighted by Gasteiger charge is 2.52. The molecule has 1 heterocycles. The second kappa shape index (κ2) is 6.19. The number of rotatable bonds is 4. The van der Waals surface area contributed by atoms with Crippen molar-refractivity contribution in [3.05, 3.63) is 71.5 Å². The minimum Gasteiger partial charge on any atom is -0.318 e. The predicted molar refractivity (Wildman–Crippen MR) is 94.6 cm³/mol. The molecule has 2 fully saturated rings. The van der Waals surface area contributed by atoms with Crippen LogP contribution < -0.4 is 10.7 Å². The van der Waals surface area contributed by atoms with Crippen LogP contribution in [0.15, 0.2) is 54.6 Å². The molecule has 1 saturated carbocycles. The van der Waals surface area contributed by atoms with Gasteiger partial charge < -0.3 is 5.32 Å². The van der Waals surface area contributed by atoms with Crippen molar-refractivity contribution in [1.29, 1.82) is 0 Å². The van der Waals surface area contributed by atoms with Crippen molar-refractivity contribution in [3.8, 4) is 0 Å². The summed E-state index contributed by atoms with van der Waals surface area (Å²) >= 11 is 0. The third kappa shape index (κ3) is 2.85. The van der Waals surface area contributed by atoms with Gasteiger partial charge in [0.05, 0.1) is 0 Å². The second-order valence-electron chi connectivity index (χ2n) is 7.01. The zero-order chi connectivity index (χ0) is 19.2. The van der Waals surface area contributed by atoms with E-state index in [0.717, 1.165) is 0 Å². The Labute approximate surface area is 155 Å². The van der Waals surface area contributed by atoms with E-state index in [9.17, 15) is 18.8 Å². The summed E-state index contributed by atoms with van der Waals surface area (Å²) in [6, 6.07) is 14.4. The summed E-state index contributed by atoms with van der Waals surface area (Å²) in [6.45, 7) is 1.59. The molecule has 3 atom stereocenters. The molecule has 138 valence electrons. The molecule has 1 aliphatic carbocycles. The van der Waals surface area contributed by atoms with Gasteiger partial charge in [-0.15, -0.1) is 0 Å². The Morgan fingerprint density at radius 1 is 1.15 bits per heavy atom. The van der Waals surface area contributed by atoms with E-state index >= 15 is 0 Å². The number of carbonyl (C=O) groups excluding carboxylic acids is 3. The van der Waals surface area contributed by atoms with E-state index in [1.807, 2.05) is 6.07 Å². The average molecular weight is 367 g/mol. The molecule has 0 unspecified atom stereocenters. The van der Waals surface area contributed by atoms with Crippen LogP contribution in [0, 0.1) is 11.7 Å². The average Bonchev–Trinajstić information content (AvgIpc) is 3.43. The number of hydrogen-bond acceptors (Lipinski definition) is 3. The van der Waals surface area contributed by atoms with Gasteiger partial charge in [0, 0.05) is 5.92 Å². The van der Waals surface area contributed by atoms with E-state index in [-0.39, 0.29) is 11.7 Å². The SMILES string of the molecule is C[C@]1(c2ccccc2)NC(=O)N(NC(=O)[C@H]2C[C@@H]2c2ccccc2F)C1=O. The second-order valence-corrected chi connectivity index (χ2v) is 7.01. The van der Waals surface area contributed by atoms with Crippen molar-refractivity contribution >= 4 is 17.8 Å². The Kier molecular flexibility index (Phi) is 3.95. The molecule has 2 aliphatic rings. The fourth-order valence-electron chi connectivity index (χ4n) is 3.51. The highest BCUT2D eigenvalue weighted by atomic mass is 19.1. The Morgan fingerprint density at radius 2 is 1.81 bits per heavy atom. The lowest BCUT2D eigenvalue weighted by molar-refractivity contribution is -0.139. The van der Waals surface area contributed by atoms with Crippen molar-refractivity contribution in [2.45, 2.75) is 24.8 Å². The predicted octanol–water partition coefficient (Wildman–Crippen LogP) is 2.43. The number of carbonyl (C=O) groups is 3. The number of benzene rings is 2. The maximum atomic E-state index is 13.9. The molecular formula is C20H18FN3O3. The number of nitrogens with zero attached hydrogens (tertiary/aromatic N) is 1. The Hall–Kier alpha value is -3.22. The zero-order valence-electron chi connectivity index (χ0n) is 14.6. The molecule has 2 N–H and O–H groups in total. The van der Waals surface area contributed by atoms with Gasteiger partial charge in [0.25, 0.3) is 5.91 Å². The molecule has 7 heteroatoms. The molecular weight excluding hydrogens is 349 g/mol. The molecule has 1 saturated heterocycles. The van der Waals surface area contributed by atoms with Crippen LogP contribution in [-0.2, 0) is 15.1 Å². The van der Waals surface area contributed by atoms with Crippen molar-refractivity contribution in [2.24, 2.45) is 5.92 Å². The summed E-state index contributed by atoms with van der Waals surface area (Å²) in [5, 5.41) is 3.34. The van der Waals surface area contributed by atoms with Crippen LogP contribution in [0.1, 0.15) is 30.4 Å². The molecule has 0 bridgehead atoms. The zero-order valence-corrected chi connectivity index (χ0v) is 14.6. The summed E-state index contributed by atoms with van der Waals surface area (Å²) in [5.74, 6) is -2.10. The molecule has 4 rings (SSSR count). The molecule has 2 aromatic rings. The first-order chi connectivity index (χ1) is 12.9. The van der Waals surface area contributed by atoms with E-state index in [0.29, 0.717) is 22.6 Å². The standard InChI is InChI=1S/C20H18FN3O3/c1-20(12-7-3-2-4-8-12)18(26)24(19(27)22-20)23-17(25)15-11-14(15)13-9-5-6-10-16(13)21/h2-10,14-15H,11H2,1H3,(H,22,27)(H,23,25)/t14-,15+,20-/m1/s1. The Morgan fingerprint density at radius 3 is 2.52 bits per heavy atom. The third-order valence-corrected chi connectivity index (χ3v) is 5.20. The van der Waals surface area contributed by atoms with Crippen LogP contribution in [0.25, 0.3) is 0 Å². The van der Waals surface area contributed by atoms with Crippen molar-refractivity contribution < 1.29 is 18.8 Å². The van der Waals surface area contributed by atoms with Gasteiger partial charge in [0.1, 0.15) is 11.4 Å². The lowest BCUT2D eigenvalue weighted by atomic mass is 9.92. The fraction of sp³-hybridized carbons (Fsp3) is 0.250. The highest BCUT2D eigenvalue weighted by molar-refractivity contribution is 6.08. The maximum Gasteiger partial charge on any atom is 0.344 e. The minimum atomic E-state index is -1.25. The van der Waals surface area contributed by atoms with E-state index in [2.05, 4.69) is 10.7 Å². The van der Waals surface area contributed by atoms with Crippen molar-refractivity contribution in [3.63, 3.8) is 0 Å². The van der Waals surface area contributed by atoms with Crippen molar-refractivity contribution in [2.75, 3.05) is 0 Å². The molecule has 1 aliphatic heterocycles. The van der Waals surface area contributed by atoms with Gasteiger partial charge in [0.15, 0.2) is 0 Å². The summed E-state index contributed by atoms with van der Waals surface area (Å²) in [6.07, 6.45) is 0.479. The van der Waals surface area contributed by atoms with E-state index < -0.39 is 29.3 Å². The number of urea groups is 1. The smallest absolute Gasteiger partial charge is 0.318 e. The fourth-order valence-corrected chi connectivity index (χ4v) is 3.51. The van der Waals surface area contributed by atoms with Crippen LogP contribution in [0.2, 0.25) is 0 Å². The van der Waals surface area contributed by atoms with Crippen LogP contribution >= 0.6 is 0 Å².